The summed E-state index contributed by atoms with van der Waals surface area (Å²) in [6.45, 7) is -1.97. The average Bonchev–Trinajstić information content (AvgIpc) is 3.09. The van der Waals surface area contributed by atoms with E-state index in [-0.39, 0.29) is 36.3 Å². The summed E-state index contributed by atoms with van der Waals surface area (Å²) in [5.74, 6) is 1.10. The summed E-state index contributed by atoms with van der Waals surface area (Å²) in [6, 6.07) is 8.80. The van der Waals surface area contributed by atoms with Crippen LogP contribution in [0.15, 0.2) is 40.7 Å². The molecule has 0 radical (unpaired) electrons. The van der Waals surface area contributed by atoms with Gasteiger partial charge in [-0.05, 0) is 23.6 Å². The van der Waals surface area contributed by atoms with Gasteiger partial charge in [0.15, 0.2) is 5.96 Å². The minimum atomic E-state index is -2.90. The molecule has 0 bridgehead atoms. The minimum Gasteiger partial charge on any atom is -0.497 e. The van der Waals surface area contributed by atoms with E-state index in [1.807, 2.05) is 17.5 Å². The fraction of sp³-hybridized carbons (Fsp3) is 0.312. The molecule has 138 valence electrons. The first-order chi connectivity index (χ1) is 11.6. The standard InChI is InChI=1S/C16H19F2N3O2S.HI/c1-19-16(21-10-13-4-3-7-24-13)20-9-11-5-6-12(22-2)8-14(11)23-15(17)18;/h3-8,15H,9-10H2,1-2H3,(H2,19,20,21);1H. The largest absolute Gasteiger partial charge is 0.497 e. The summed E-state index contributed by atoms with van der Waals surface area (Å²) >= 11 is 1.64. The highest BCUT2D eigenvalue weighted by molar-refractivity contribution is 14.0. The lowest BCUT2D eigenvalue weighted by molar-refractivity contribution is -0.0505. The maximum absolute atomic E-state index is 12.6. The van der Waals surface area contributed by atoms with E-state index in [0.29, 0.717) is 23.8 Å². The number of nitrogens with one attached hydrogen (secondary N) is 2. The monoisotopic (exact) mass is 483 g/mol. The minimum absolute atomic E-state index is 0. The van der Waals surface area contributed by atoms with Gasteiger partial charge in [0, 0.05) is 30.1 Å². The van der Waals surface area contributed by atoms with Gasteiger partial charge in [0.05, 0.1) is 13.7 Å². The van der Waals surface area contributed by atoms with Gasteiger partial charge in [-0.3, -0.25) is 4.99 Å². The average molecular weight is 483 g/mol. The van der Waals surface area contributed by atoms with Crippen molar-refractivity contribution in [3.8, 4) is 11.5 Å². The van der Waals surface area contributed by atoms with Crippen LogP contribution in [-0.2, 0) is 13.1 Å². The van der Waals surface area contributed by atoms with Gasteiger partial charge in [-0.1, -0.05) is 6.07 Å². The number of nitrogens with zero attached hydrogens (tertiary/aromatic N) is 1. The number of aliphatic imine (C=N–C) groups is 1. The quantitative estimate of drug-likeness (QED) is 0.357. The number of guanidine groups is 1. The Morgan fingerprint density at radius 2 is 2.00 bits per heavy atom. The normalized spacial score (nSPS) is 11.0. The topological polar surface area (TPSA) is 54.9 Å². The van der Waals surface area contributed by atoms with Crippen LogP contribution in [0.5, 0.6) is 11.5 Å². The molecule has 0 atom stereocenters. The molecule has 9 heteroatoms. The van der Waals surface area contributed by atoms with Gasteiger partial charge in [-0.25, -0.2) is 0 Å². The van der Waals surface area contributed by atoms with Crippen molar-refractivity contribution in [3.63, 3.8) is 0 Å². The second-order valence-corrected chi connectivity index (χ2v) is 5.74. The third kappa shape index (κ3) is 7.02. The van der Waals surface area contributed by atoms with Crippen molar-refractivity contribution in [2.45, 2.75) is 19.7 Å². The lowest BCUT2D eigenvalue weighted by Gasteiger charge is -2.15. The molecule has 1 heterocycles. The summed E-state index contributed by atoms with van der Waals surface area (Å²) in [5, 5.41) is 8.24. The van der Waals surface area contributed by atoms with Crippen LogP contribution in [0.1, 0.15) is 10.4 Å². The highest BCUT2D eigenvalue weighted by atomic mass is 127. The number of halogens is 3. The van der Waals surface area contributed by atoms with Gasteiger partial charge in [0.2, 0.25) is 0 Å². The smallest absolute Gasteiger partial charge is 0.387 e. The van der Waals surface area contributed by atoms with Gasteiger partial charge >= 0.3 is 6.61 Å². The van der Waals surface area contributed by atoms with Crippen LogP contribution in [0, 0.1) is 0 Å². The molecule has 0 amide bonds. The fourth-order valence-corrected chi connectivity index (χ4v) is 2.64. The van der Waals surface area contributed by atoms with Crippen LogP contribution in [0.4, 0.5) is 8.78 Å². The molecule has 0 spiro atoms. The second kappa shape index (κ2) is 11.1. The number of methoxy groups -OCH3 is 1. The Morgan fingerprint density at radius 3 is 2.60 bits per heavy atom. The number of rotatable bonds is 7. The van der Waals surface area contributed by atoms with E-state index in [1.54, 1.807) is 30.5 Å². The van der Waals surface area contributed by atoms with Crippen molar-refractivity contribution >= 4 is 41.3 Å². The van der Waals surface area contributed by atoms with E-state index in [2.05, 4.69) is 20.4 Å². The molecule has 1 aromatic carbocycles. The third-order valence-electron chi connectivity index (χ3n) is 3.17. The van der Waals surface area contributed by atoms with Crippen LogP contribution in [0.25, 0.3) is 0 Å². The summed E-state index contributed by atoms with van der Waals surface area (Å²) in [4.78, 5) is 5.28. The van der Waals surface area contributed by atoms with Gasteiger partial charge in [0.1, 0.15) is 11.5 Å². The highest BCUT2D eigenvalue weighted by Crippen LogP contribution is 2.26. The number of alkyl halides is 2. The Labute approximate surface area is 166 Å². The molecule has 0 saturated carbocycles. The SMILES string of the molecule is CN=C(NCc1cccs1)NCc1ccc(OC)cc1OC(F)F.I. The highest BCUT2D eigenvalue weighted by Gasteiger charge is 2.11. The Balaban J connectivity index is 0.00000312. The molecule has 25 heavy (non-hydrogen) atoms. The van der Waals surface area contributed by atoms with Gasteiger partial charge in [0.25, 0.3) is 0 Å². The molecule has 2 aromatic rings. The first-order valence-electron chi connectivity index (χ1n) is 7.21. The Hall–Kier alpha value is -1.62. The number of ether oxygens (including phenoxy) is 2. The Morgan fingerprint density at radius 1 is 1.24 bits per heavy atom. The van der Waals surface area contributed by atoms with Gasteiger partial charge in [-0.15, -0.1) is 35.3 Å². The number of hydrogen-bond acceptors (Lipinski definition) is 4. The predicted molar refractivity (Wildman–Crippen MR) is 106 cm³/mol. The number of hydrogen-bond donors (Lipinski definition) is 2. The molecule has 0 aliphatic rings. The van der Waals surface area contributed by atoms with Crippen LogP contribution in [0.3, 0.4) is 0 Å². The lowest BCUT2D eigenvalue weighted by atomic mass is 10.2. The Bertz CT molecular complexity index is 669. The summed E-state index contributed by atoms with van der Waals surface area (Å²) in [7, 11) is 3.12. The molecular formula is C16H20F2IN3O2S. The van der Waals surface area contributed by atoms with Crippen LogP contribution < -0.4 is 20.1 Å². The fourth-order valence-electron chi connectivity index (χ4n) is 2.00. The molecule has 2 N–H and O–H groups in total. The molecule has 0 unspecified atom stereocenters. The van der Waals surface area contributed by atoms with E-state index in [1.165, 1.54) is 18.1 Å². The molecule has 0 aliphatic heterocycles. The van der Waals surface area contributed by atoms with E-state index in [4.69, 9.17) is 4.74 Å². The van der Waals surface area contributed by atoms with E-state index >= 15 is 0 Å². The summed E-state index contributed by atoms with van der Waals surface area (Å²) < 4.78 is 34.7. The molecule has 0 aliphatic carbocycles. The maximum Gasteiger partial charge on any atom is 0.387 e. The van der Waals surface area contributed by atoms with Crippen molar-refractivity contribution in [3.05, 3.63) is 46.2 Å². The zero-order valence-electron chi connectivity index (χ0n) is 13.8. The lowest BCUT2D eigenvalue weighted by Crippen LogP contribution is -2.36. The van der Waals surface area contributed by atoms with Crippen LogP contribution in [0.2, 0.25) is 0 Å². The predicted octanol–water partition coefficient (Wildman–Crippen LogP) is 3.84. The van der Waals surface area contributed by atoms with Gasteiger partial charge in [-0.2, -0.15) is 8.78 Å². The van der Waals surface area contributed by atoms with E-state index in [9.17, 15) is 8.78 Å². The van der Waals surface area contributed by atoms with Gasteiger partial charge < -0.3 is 20.1 Å². The zero-order valence-corrected chi connectivity index (χ0v) is 16.9. The van der Waals surface area contributed by atoms with Crippen molar-refractivity contribution in [2.24, 2.45) is 4.99 Å². The van der Waals surface area contributed by atoms with Crippen molar-refractivity contribution < 1.29 is 18.3 Å². The van der Waals surface area contributed by atoms with Crippen molar-refractivity contribution in [1.82, 2.24) is 10.6 Å². The molecule has 0 fully saturated rings. The first kappa shape index (κ1) is 21.4. The first-order valence-corrected chi connectivity index (χ1v) is 8.09. The molecule has 0 saturated heterocycles. The second-order valence-electron chi connectivity index (χ2n) is 4.71. The van der Waals surface area contributed by atoms with E-state index in [0.717, 1.165) is 0 Å². The summed E-state index contributed by atoms with van der Waals surface area (Å²) in [6.07, 6.45) is 0. The van der Waals surface area contributed by atoms with E-state index < -0.39 is 6.61 Å². The van der Waals surface area contributed by atoms with Crippen LogP contribution >= 0.6 is 35.3 Å². The molecular weight excluding hydrogens is 463 g/mol. The molecule has 2 rings (SSSR count). The number of benzene rings is 1. The van der Waals surface area contributed by atoms with Crippen LogP contribution in [-0.4, -0.2) is 26.7 Å². The zero-order chi connectivity index (χ0) is 17.4. The molecule has 1 aromatic heterocycles. The maximum atomic E-state index is 12.6. The van der Waals surface area contributed by atoms with Crippen molar-refractivity contribution in [1.29, 1.82) is 0 Å². The number of thiophene rings is 1. The summed E-state index contributed by atoms with van der Waals surface area (Å²) in [5.41, 5.74) is 0.579. The third-order valence-corrected chi connectivity index (χ3v) is 4.05. The Kier molecular flexibility index (Phi) is 9.50. The molecule has 5 nitrogen and oxygen atoms in total. The van der Waals surface area contributed by atoms with Crippen molar-refractivity contribution in [2.75, 3.05) is 14.2 Å².